The van der Waals surface area contributed by atoms with Gasteiger partial charge in [0.1, 0.15) is 23.8 Å². The fraction of sp³-hybridized carbons (Fsp3) is 0.0333. The molecule has 2 heterocycles. The third kappa shape index (κ3) is 5.32. The summed E-state index contributed by atoms with van der Waals surface area (Å²) in [5.41, 5.74) is 2.32. The van der Waals surface area contributed by atoms with E-state index in [-0.39, 0.29) is 23.8 Å². The zero-order chi connectivity index (χ0) is 27.8. The van der Waals surface area contributed by atoms with Crippen LogP contribution in [-0.4, -0.2) is 15.9 Å². The van der Waals surface area contributed by atoms with E-state index in [2.05, 4.69) is 37.0 Å². The maximum atomic E-state index is 13.5. The largest absolute Gasteiger partial charge is 0.487 e. The minimum Gasteiger partial charge on any atom is -0.487 e. The van der Waals surface area contributed by atoms with Crippen LogP contribution in [0.5, 0.6) is 5.75 Å². The summed E-state index contributed by atoms with van der Waals surface area (Å²) in [6.07, 6.45) is 1.56. The second-order valence-electron chi connectivity index (χ2n) is 8.84. The zero-order valence-corrected chi connectivity index (χ0v) is 24.4. The zero-order valence-electron chi connectivity index (χ0n) is 20.4. The first-order valence-corrected chi connectivity index (χ1v) is 13.9. The summed E-state index contributed by atoms with van der Waals surface area (Å²) in [5, 5.41) is 6.30. The van der Waals surface area contributed by atoms with Gasteiger partial charge < -0.3 is 9.15 Å². The fourth-order valence-corrected chi connectivity index (χ4v) is 5.80. The Hall–Kier alpha value is -3.79. The Morgan fingerprint density at radius 3 is 2.52 bits per heavy atom. The van der Waals surface area contributed by atoms with Gasteiger partial charge in [0, 0.05) is 10.4 Å². The highest BCUT2D eigenvalue weighted by atomic mass is 79.9. The Balaban J connectivity index is 1.37. The van der Waals surface area contributed by atoms with Gasteiger partial charge in [0.25, 0.3) is 5.56 Å². The van der Waals surface area contributed by atoms with Crippen molar-refractivity contribution in [3.63, 3.8) is 0 Å². The Morgan fingerprint density at radius 1 is 1.00 bits per heavy atom. The highest BCUT2D eigenvalue weighted by molar-refractivity contribution is 9.11. The van der Waals surface area contributed by atoms with Gasteiger partial charge in [0.15, 0.2) is 5.76 Å². The van der Waals surface area contributed by atoms with Gasteiger partial charge in [-0.25, -0.2) is 9.37 Å². The van der Waals surface area contributed by atoms with E-state index >= 15 is 0 Å². The lowest BCUT2D eigenvalue weighted by Crippen LogP contribution is -2.20. The Kier molecular flexibility index (Phi) is 7.27. The van der Waals surface area contributed by atoms with Crippen molar-refractivity contribution in [1.82, 2.24) is 9.66 Å². The molecule has 10 heteroatoms. The average Bonchev–Trinajstić information content (AvgIpc) is 3.36. The monoisotopic (exact) mass is 679 g/mol. The third-order valence-electron chi connectivity index (χ3n) is 6.09. The number of fused-ring (bicyclic) bond motifs is 2. The lowest BCUT2D eigenvalue weighted by atomic mass is 10.2. The molecule has 6 aromatic rings. The van der Waals surface area contributed by atoms with Crippen molar-refractivity contribution in [2.24, 2.45) is 5.10 Å². The molecule has 0 amide bonds. The van der Waals surface area contributed by atoms with E-state index in [0.29, 0.717) is 47.5 Å². The van der Waals surface area contributed by atoms with E-state index < -0.39 is 0 Å². The van der Waals surface area contributed by atoms with Gasteiger partial charge in [-0.2, -0.15) is 9.78 Å². The summed E-state index contributed by atoms with van der Waals surface area (Å²) in [6.45, 7) is 0.259. The number of benzene rings is 4. The molecule has 198 valence electrons. The molecule has 0 fully saturated rings. The molecule has 40 heavy (non-hydrogen) atoms. The van der Waals surface area contributed by atoms with Gasteiger partial charge in [0.2, 0.25) is 5.82 Å². The quantitative estimate of drug-likeness (QED) is 0.165. The van der Waals surface area contributed by atoms with E-state index in [9.17, 15) is 9.18 Å². The van der Waals surface area contributed by atoms with Crippen LogP contribution in [-0.2, 0) is 6.61 Å². The summed E-state index contributed by atoms with van der Waals surface area (Å²) in [7, 11) is 0. The van der Waals surface area contributed by atoms with Crippen molar-refractivity contribution < 1.29 is 13.5 Å². The summed E-state index contributed by atoms with van der Waals surface area (Å²) in [6, 6.07) is 23.9. The number of para-hydroxylation sites is 1. The van der Waals surface area contributed by atoms with Crippen LogP contribution >= 0.6 is 43.5 Å². The number of ether oxygens (including phenoxy) is 1. The van der Waals surface area contributed by atoms with Crippen LogP contribution in [0.2, 0.25) is 5.02 Å². The van der Waals surface area contributed by atoms with E-state index in [4.69, 9.17) is 25.7 Å². The van der Waals surface area contributed by atoms with Crippen molar-refractivity contribution in [3.8, 4) is 17.3 Å². The number of furan rings is 1. The molecule has 0 spiro atoms. The number of aromatic nitrogens is 2. The Bertz CT molecular complexity index is 1960. The van der Waals surface area contributed by atoms with Crippen molar-refractivity contribution in [1.29, 1.82) is 0 Å². The van der Waals surface area contributed by atoms with E-state index in [1.165, 1.54) is 16.8 Å². The topological polar surface area (TPSA) is 69.6 Å². The second kappa shape index (κ2) is 11.0. The number of rotatable bonds is 6. The van der Waals surface area contributed by atoms with E-state index in [0.717, 1.165) is 10.9 Å². The van der Waals surface area contributed by atoms with E-state index in [1.807, 2.05) is 18.2 Å². The number of halogens is 4. The molecule has 0 N–H and O–H groups in total. The summed E-state index contributed by atoms with van der Waals surface area (Å²) in [5.74, 6) is 0.907. The second-order valence-corrected chi connectivity index (χ2v) is 11.0. The molecular formula is C30H17Br2ClFN3O3. The number of hydrogen-bond acceptors (Lipinski definition) is 5. The van der Waals surface area contributed by atoms with Crippen LogP contribution < -0.4 is 10.3 Å². The summed E-state index contributed by atoms with van der Waals surface area (Å²) < 4.78 is 27.7. The third-order valence-corrected chi connectivity index (χ3v) is 7.51. The highest BCUT2D eigenvalue weighted by Gasteiger charge is 2.17. The van der Waals surface area contributed by atoms with Crippen LogP contribution in [0, 0.1) is 5.82 Å². The minimum absolute atomic E-state index is 0.254. The van der Waals surface area contributed by atoms with Crippen molar-refractivity contribution >= 4 is 71.5 Å². The van der Waals surface area contributed by atoms with Gasteiger partial charge >= 0.3 is 0 Å². The van der Waals surface area contributed by atoms with Crippen LogP contribution in [0.15, 0.2) is 108 Å². The normalized spacial score (nSPS) is 11.6. The SMILES string of the molecule is O=c1c2ccccc2nc(-c2cc3cc(Cl)ccc3o2)n1N=Cc1cc(Br)c(OCc2ccc(F)cc2)c(Br)c1. The van der Waals surface area contributed by atoms with Crippen molar-refractivity contribution in [2.75, 3.05) is 0 Å². The molecule has 0 aliphatic rings. The lowest BCUT2D eigenvalue weighted by Gasteiger charge is -2.11. The first kappa shape index (κ1) is 26.4. The van der Waals surface area contributed by atoms with Gasteiger partial charge in [0.05, 0.1) is 26.1 Å². The molecule has 2 aromatic heterocycles. The van der Waals surface area contributed by atoms with Crippen LogP contribution in [0.25, 0.3) is 33.5 Å². The van der Waals surface area contributed by atoms with Gasteiger partial charge in [-0.1, -0.05) is 35.9 Å². The Morgan fingerprint density at radius 2 is 1.75 bits per heavy atom. The molecule has 6 rings (SSSR count). The van der Waals surface area contributed by atoms with E-state index in [1.54, 1.807) is 60.8 Å². The maximum Gasteiger partial charge on any atom is 0.282 e. The molecule has 0 bridgehead atoms. The predicted octanol–water partition coefficient (Wildman–Crippen LogP) is 8.59. The molecule has 6 nitrogen and oxygen atoms in total. The first-order chi connectivity index (χ1) is 19.4. The molecule has 4 aromatic carbocycles. The lowest BCUT2D eigenvalue weighted by molar-refractivity contribution is 0.302. The predicted molar refractivity (Wildman–Crippen MR) is 162 cm³/mol. The molecule has 0 saturated carbocycles. The van der Waals surface area contributed by atoms with Crippen LogP contribution in [0.3, 0.4) is 0 Å². The number of hydrogen-bond donors (Lipinski definition) is 0. The fourth-order valence-electron chi connectivity index (χ4n) is 4.17. The Labute approximate surface area is 248 Å². The summed E-state index contributed by atoms with van der Waals surface area (Å²) >= 11 is 13.3. The molecule has 0 aliphatic heterocycles. The smallest absolute Gasteiger partial charge is 0.282 e. The molecule has 0 radical (unpaired) electrons. The molecule has 0 saturated heterocycles. The van der Waals surface area contributed by atoms with Gasteiger partial charge in [-0.3, -0.25) is 4.79 Å². The standard InChI is InChI=1S/C30H17Br2ClFN3O3/c31-23-11-18(12-24(32)28(23)39-16-17-5-8-21(34)9-6-17)15-35-37-29(36-25-4-2-1-3-22(25)30(37)38)27-14-19-13-20(33)7-10-26(19)40-27/h1-15H,16H2. The molecule has 0 unspecified atom stereocenters. The maximum absolute atomic E-state index is 13.5. The number of nitrogens with zero attached hydrogens (tertiary/aromatic N) is 3. The first-order valence-electron chi connectivity index (χ1n) is 12.0. The molecule has 0 atom stereocenters. The van der Waals surface area contributed by atoms with Crippen molar-refractivity contribution in [2.45, 2.75) is 6.61 Å². The average molecular weight is 682 g/mol. The van der Waals surface area contributed by atoms with Crippen molar-refractivity contribution in [3.05, 3.63) is 126 Å². The minimum atomic E-state index is -0.340. The molecule has 0 aliphatic carbocycles. The summed E-state index contributed by atoms with van der Waals surface area (Å²) in [4.78, 5) is 18.2. The van der Waals surface area contributed by atoms with Crippen LogP contribution in [0.4, 0.5) is 4.39 Å². The van der Waals surface area contributed by atoms with Gasteiger partial charge in [-0.05, 0) is 104 Å². The van der Waals surface area contributed by atoms with Gasteiger partial charge in [-0.15, -0.1) is 0 Å². The molecular weight excluding hydrogens is 665 g/mol. The highest BCUT2D eigenvalue weighted by Crippen LogP contribution is 2.35. The van der Waals surface area contributed by atoms with Crippen LogP contribution in [0.1, 0.15) is 11.1 Å².